The summed E-state index contributed by atoms with van der Waals surface area (Å²) < 4.78 is 25.7. The summed E-state index contributed by atoms with van der Waals surface area (Å²) in [5.41, 5.74) is 0.282. The molecule has 4 heteroatoms. The molecule has 2 nitrogen and oxygen atoms in total. The van der Waals surface area contributed by atoms with Gasteiger partial charge < -0.3 is 4.84 Å². The van der Waals surface area contributed by atoms with E-state index in [9.17, 15) is 8.78 Å². The zero-order chi connectivity index (χ0) is 9.84. The fourth-order valence-electron chi connectivity index (χ4n) is 0.975. The van der Waals surface area contributed by atoms with E-state index in [1.165, 1.54) is 24.3 Å². The molecule has 0 N–H and O–H groups in total. The first-order valence-electron chi connectivity index (χ1n) is 3.83. The van der Waals surface area contributed by atoms with Crippen molar-refractivity contribution < 1.29 is 13.6 Å². The summed E-state index contributed by atoms with van der Waals surface area (Å²) in [6, 6.07) is 4.08. The molecule has 0 aliphatic rings. The van der Waals surface area contributed by atoms with Crippen LogP contribution in [-0.4, -0.2) is 19.2 Å². The van der Waals surface area contributed by atoms with Crippen LogP contribution in [0.4, 0.5) is 8.78 Å². The summed E-state index contributed by atoms with van der Waals surface area (Å²) in [6.45, 7) is 0.222. The van der Waals surface area contributed by atoms with Gasteiger partial charge in [-0.1, -0.05) is 12.1 Å². The lowest BCUT2D eigenvalue weighted by atomic mass is 10.2. The summed E-state index contributed by atoms with van der Waals surface area (Å²) in [7, 11) is 3.11. The topological polar surface area (TPSA) is 12.5 Å². The van der Waals surface area contributed by atoms with Crippen molar-refractivity contribution in [3.8, 4) is 0 Å². The van der Waals surface area contributed by atoms with E-state index in [0.717, 1.165) is 6.07 Å². The number of hydrogen-bond donors (Lipinski definition) is 0. The summed E-state index contributed by atoms with van der Waals surface area (Å²) in [6.07, 6.45) is 0. The highest BCUT2D eigenvalue weighted by Crippen LogP contribution is 2.12. The molecule has 0 atom stereocenters. The number of hydroxylamine groups is 2. The number of benzene rings is 1. The van der Waals surface area contributed by atoms with Crippen molar-refractivity contribution in [2.75, 3.05) is 14.2 Å². The Morgan fingerprint density at radius 3 is 2.69 bits per heavy atom. The standard InChI is InChI=1S/C9H11F2NO/c1-12(13-2)6-7-4-3-5-8(10)9(7)11/h3-5H,6H2,1-2H3. The van der Waals surface area contributed by atoms with Gasteiger partial charge in [0.2, 0.25) is 0 Å². The highest BCUT2D eigenvalue weighted by molar-refractivity contribution is 5.18. The van der Waals surface area contributed by atoms with Gasteiger partial charge in [-0.25, -0.2) is 8.78 Å². The van der Waals surface area contributed by atoms with Crippen LogP contribution in [0.2, 0.25) is 0 Å². The van der Waals surface area contributed by atoms with Crippen molar-refractivity contribution in [2.24, 2.45) is 0 Å². The largest absolute Gasteiger partial charge is 0.302 e. The van der Waals surface area contributed by atoms with E-state index >= 15 is 0 Å². The van der Waals surface area contributed by atoms with Crippen molar-refractivity contribution in [3.05, 3.63) is 35.4 Å². The Kier molecular flexibility index (Phi) is 3.33. The average molecular weight is 187 g/mol. The molecule has 0 bridgehead atoms. The SMILES string of the molecule is CON(C)Cc1cccc(F)c1F. The molecule has 0 radical (unpaired) electrons. The number of halogens is 2. The van der Waals surface area contributed by atoms with Crippen molar-refractivity contribution in [2.45, 2.75) is 6.54 Å². The molecule has 0 saturated carbocycles. The molecule has 0 aromatic heterocycles. The van der Waals surface area contributed by atoms with Crippen molar-refractivity contribution >= 4 is 0 Å². The maximum Gasteiger partial charge on any atom is 0.163 e. The van der Waals surface area contributed by atoms with Crippen molar-refractivity contribution in [1.82, 2.24) is 5.06 Å². The highest BCUT2D eigenvalue weighted by atomic mass is 19.2. The fourth-order valence-corrected chi connectivity index (χ4v) is 0.975. The number of hydrogen-bond acceptors (Lipinski definition) is 2. The predicted molar refractivity (Wildman–Crippen MR) is 44.8 cm³/mol. The Balaban J connectivity index is 2.83. The maximum atomic E-state index is 13.0. The zero-order valence-corrected chi connectivity index (χ0v) is 7.55. The molecule has 0 heterocycles. The summed E-state index contributed by atoms with van der Waals surface area (Å²) in [5.74, 6) is -1.64. The summed E-state index contributed by atoms with van der Waals surface area (Å²) >= 11 is 0. The van der Waals surface area contributed by atoms with E-state index in [4.69, 9.17) is 4.84 Å². The first kappa shape index (κ1) is 10.1. The Morgan fingerprint density at radius 2 is 2.08 bits per heavy atom. The second-order valence-electron chi connectivity index (χ2n) is 2.68. The van der Waals surface area contributed by atoms with Gasteiger partial charge in [0.25, 0.3) is 0 Å². The molecular weight excluding hydrogens is 176 g/mol. The van der Waals surface area contributed by atoms with Crippen LogP contribution in [0.3, 0.4) is 0 Å². The van der Waals surface area contributed by atoms with Gasteiger partial charge in [0.15, 0.2) is 11.6 Å². The second-order valence-corrected chi connectivity index (χ2v) is 2.68. The van der Waals surface area contributed by atoms with E-state index in [2.05, 4.69) is 0 Å². The van der Waals surface area contributed by atoms with Crippen molar-refractivity contribution in [1.29, 1.82) is 0 Å². The molecule has 13 heavy (non-hydrogen) atoms. The average Bonchev–Trinajstić information content (AvgIpc) is 2.13. The van der Waals surface area contributed by atoms with E-state index < -0.39 is 11.6 Å². The fraction of sp³-hybridized carbons (Fsp3) is 0.333. The first-order valence-corrected chi connectivity index (χ1v) is 3.83. The van der Waals surface area contributed by atoms with Crippen LogP contribution in [0, 0.1) is 11.6 Å². The number of nitrogens with zero attached hydrogens (tertiary/aromatic N) is 1. The third kappa shape index (κ3) is 2.47. The smallest absolute Gasteiger partial charge is 0.163 e. The van der Waals surface area contributed by atoms with Crippen LogP contribution < -0.4 is 0 Å². The van der Waals surface area contributed by atoms with E-state index in [-0.39, 0.29) is 12.1 Å². The molecular formula is C9H11F2NO. The molecule has 0 amide bonds. The van der Waals surface area contributed by atoms with Gasteiger partial charge in [0, 0.05) is 12.6 Å². The lowest BCUT2D eigenvalue weighted by molar-refractivity contribution is -0.117. The van der Waals surface area contributed by atoms with E-state index in [1.54, 1.807) is 7.05 Å². The lowest BCUT2D eigenvalue weighted by Gasteiger charge is -2.13. The van der Waals surface area contributed by atoms with Gasteiger partial charge in [0.1, 0.15) is 0 Å². The Labute approximate surface area is 75.7 Å². The van der Waals surface area contributed by atoms with Gasteiger partial charge in [0.05, 0.1) is 13.7 Å². The minimum absolute atomic E-state index is 0.222. The van der Waals surface area contributed by atoms with E-state index in [1.807, 2.05) is 0 Å². The lowest BCUT2D eigenvalue weighted by Crippen LogP contribution is -2.16. The first-order chi connectivity index (χ1) is 6.15. The molecule has 0 saturated heterocycles. The molecule has 0 aliphatic heterocycles. The highest BCUT2D eigenvalue weighted by Gasteiger charge is 2.08. The van der Waals surface area contributed by atoms with Gasteiger partial charge in [-0.05, 0) is 6.07 Å². The molecule has 1 rings (SSSR count). The van der Waals surface area contributed by atoms with Crippen LogP contribution in [0.25, 0.3) is 0 Å². The molecule has 0 fully saturated rings. The van der Waals surface area contributed by atoms with Gasteiger partial charge in [-0.3, -0.25) is 0 Å². The molecule has 0 spiro atoms. The van der Waals surface area contributed by atoms with Crippen LogP contribution >= 0.6 is 0 Å². The van der Waals surface area contributed by atoms with Crippen molar-refractivity contribution in [3.63, 3.8) is 0 Å². The Hall–Kier alpha value is -1.00. The molecule has 1 aromatic rings. The van der Waals surface area contributed by atoms with Crippen LogP contribution in [0.5, 0.6) is 0 Å². The van der Waals surface area contributed by atoms with Crippen LogP contribution in [-0.2, 0) is 11.4 Å². The summed E-state index contributed by atoms with van der Waals surface area (Å²) in [5, 5.41) is 1.41. The monoisotopic (exact) mass is 187 g/mol. The van der Waals surface area contributed by atoms with E-state index in [0.29, 0.717) is 0 Å². The molecule has 0 unspecified atom stereocenters. The maximum absolute atomic E-state index is 13.0. The quantitative estimate of drug-likeness (QED) is 0.671. The van der Waals surface area contributed by atoms with Crippen LogP contribution in [0.1, 0.15) is 5.56 Å². The zero-order valence-electron chi connectivity index (χ0n) is 7.55. The Bertz CT molecular complexity index is 291. The Morgan fingerprint density at radius 1 is 1.38 bits per heavy atom. The summed E-state index contributed by atoms with van der Waals surface area (Å²) in [4.78, 5) is 4.79. The minimum Gasteiger partial charge on any atom is -0.302 e. The predicted octanol–water partition coefficient (Wildman–Crippen LogP) is 1.96. The minimum atomic E-state index is -0.831. The van der Waals surface area contributed by atoms with Gasteiger partial charge in [-0.2, -0.15) is 5.06 Å². The van der Waals surface area contributed by atoms with Crippen LogP contribution in [0.15, 0.2) is 18.2 Å². The van der Waals surface area contributed by atoms with Gasteiger partial charge in [-0.15, -0.1) is 0 Å². The van der Waals surface area contributed by atoms with Gasteiger partial charge >= 0.3 is 0 Å². The third-order valence-electron chi connectivity index (χ3n) is 1.74. The molecule has 0 aliphatic carbocycles. The normalized spacial score (nSPS) is 10.8. The third-order valence-corrected chi connectivity index (χ3v) is 1.74. The number of rotatable bonds is 3. The second kappa shape index (κ2) is 4.30. The molecule has 72 valence electrons. The molecule has 1 aromatic carbocycles.